The second-order valence-electron chi connectivity index (χ2n) is 7.22. The standard InChI is InChI=1S/C23H18Cl2N2O5/c1-31-18-9-2-14(3-10-18)13-26-21(15-4-7-17(8-5-15)27(29)30)22(23(26)28)32-20-11-6-16(24)12-19(20)25/h2-12,21-22H,13H2,1H3/t21-,22+/m1/s1. The lowest BCUT2D eigenvalue weighted by Crippen LogP contribution is -2.60. The molecule has 0 spiro atoms. The van der Waals surface area contributed by atoms with Crippen molar-refractivity contribution in [2.75, 3.05) is 7.11 Å². The first-order chi connectivity index (χ1) is 15.4. The summed E-state index contributed by atoms with van der Waals surface area (Å²) >= 11 is 12.2. The minimum Gasteiger partial charge on any atom is -0.497 e. The van der Waals surface area contributed by atoms with E-state index in [9.17, 15) is 14.9 Å². The van der Waals surface area contributed by atoms with Gasteiger partial charge < -0.3 is 14.4 Å². The van der Waals surface area contributed by atoms with Gasteiger partial charge >= 0.3 is 0 Å². The second kappa shape index (κ2) is 9.06. The minimum absolute atomic E-state index is 0.0284. The first-order valence-electron chi connectivity index (χ1n) is 9.67. The van der Waals surface area contributed by atoms with Crippen LogP contribution in [0.3, 0.4) is 0 Å². The van der Waals surface area contributed by atoms with Gasteiger partial charge in [0, 0.05) is 23.7 Å². The van der Waals surface area contributed by atoms with Gasteiger partial charge in [-0.3, -0.25) is 14.9 Å². The number of benzene rings is 3. The fourth-order valence-corrected chi connectivity index (χ4v) is 4.04. The molecule has 3 aromatic rings. The largest absolute Gasteiger partial charge is 0.497 e. The van der Waals surface area contributed by atoms with Gasteiger partial charge in [0.1, 0.15) is 17.5 Å². The molecule has 0 saturated carbocycles. The number of amides is 1. The van der Waals surface area contributed by atoms with Crippen LogP contribution < -0.4 is 9.47 Å². The number of non-ortho nitro benzene ring substituents is 1. The van der Waals surface area contributed by atoms with Gasteiger partial charge in [0.05, 0.1) is 17.1 Å². The van der Waals surface area contributed by atoms with E-state index in [1.54, 1.807) is 36.3 Å². The molecule has 0 aromatic heterocycles. The summed E-state index contributed by atoms with van der Waals surface area (Å²) in [5.41, 5.74) is 1.60. The summed E-state index contributed by atoms with van der Waals surface area (Å²) in [7, 11) is 1.59. The fraction of sp³-hybridized carbons (Fsp3) is 0.174. The van der Waals surface area contributed by atoms with E-state index in [1.165, 1.54) is 18.2 Å². The summed E-state index contributed by atoms with van der Waals surface area (Å²) in [5.74, 6) is 0.842. The molecule has 9 heteroatoms. The molecule has 1 heterocycles. The number of hydrogen-bond acceptors (Lipinski definition) is 5. The summed E-state index contributed by atoms with van der Waals surface area (Å²) in [6.45, 7) is 0.346. The highest BCUT2D eigenvalue weighted by molar-refractivity contribution is 6.35. The van der Waals surface area contributed by atoms with Gasteiger partial charge in [-0.05, 0) is 53.6 Å². The van der Waals surface area contributed by atoms with E-state index in [0.29, 0.717) is 28.1 Å². The summed E-state index contributed by atoms with van der Waals surface area (Å²) in [4.78, 5) is 25.3. The van der Waals surface area contributed by atoms with Crippen molar-refractivity contribution in [3.8, 4) is 11.5 Å². The molecule has 0 aliphatic carbocycles. The minimum atomic E-state index is -0.826. The van der Waals surface area contributed by atoms with Gasteiger partial charge in [-0.2, -0.15) is 0 Å². The molecule has 0 bridgehead atoms. The van der Waals surface area contributed by atoms with Crippen LogP contribution in [0.4, 0.5) is 5.69 Å². The summed E-state index contributed by atoms with van der Waals surface area (Å²) in [6, 6.07) is 17.8. The maximum Gasteiger partial charge on any atom is 0.269 e. The van der Waals surface area contributed by atoms with Crippen molar-refractivity contribution in [2.24, 2.45) is 0 Å². The Morgan fingerprint density at radius 1 is 1.03 bits per heavy atom. The topological polar surface area (TPSA) is 81.9 Å². The fourth-order valence-electron chi connectivity index (χ4n) is 3.59. The maximum atomic E-state index is 13.0. The Morgan fingerprint density at radius 3 is 2.31 bits per heavy atom. The molecule has 3 aromatic carbocycles. The lowest BCUT2D eigenvalue weighted by atomic mass is 9.89. The van der Waals surface area contributed by atoms with Crippen molar-refractivity contribution < 1.29 is 19.2 Å². The molecule has 2 atom stereocenters. The highest BCUT2D eigenvalue weighted by Crippen LogP contribution is 2.41. The number of carbonyl (C=O) groups is 1. The van der Waals surface area contributed by atoms with E-state index in [0.717, 1.165) is 11.1 Å². The zero-order valence-electron chi connectivity index (χ0n) is 16.9. The number of ether oxygens (including phenoxy) is 2. The third kappa shape index (κ3) is 4.35. The van der Waals surface area contributed by atoms with Crippen LogP contribution in [0.15, 0.2) is 66.7 Å². The Kier molecular flexibility index (Phi) is 6.21. The molecule has 0 unspecified atom stereocenters. The number of nitro benzene ring substituents is 1. The van der Waals surface area contributed by atoms with Crippen LogP contribution in [0.25, 0.3) is 0 Å². The summed E-state index contributed by atoms with van der Waals surface area (Å²) in [5, 5.41) is 11.8. The number of nitro groups is 1. The van der Waals surface area contributed by atoms with Crippen LogP contribution in [0.2, 0.25) is 10.0 Å². The van der Waals surface area contributed by atoms with E-state index in [-0.39, 0.29) is 11.6 Å². The average molecular weight is 473 g/mol. The molecule has 7 nitrogen and oxygen atoms in total. The second-order valence-corrected chi connectivity index (χ2v) is 8.06. The molecule has 0 radical (unpaired) electrons. The molecule has 164 valence electrons. The van der Waals surface area contributed by atoms with Gasteiger partial charge in [0.15, 0.2) is 0 Å². The molecule has 4 rings (SSSR count). The third-order valence-electron chi connectivity index (χ3n) is 5.25. The first-order valence-corrected chi connectivity index (χ1v) is 10.4. The van der Waals surface area contributed by atoms with Crippen molar-refractivity contribution in [1.29, 1.82) is 0 Å². The van der Waals surface area contributed by atoms with Gasteiger partial charge in [0.25, 0.3) is 11.6 Å². The van der Waals surface area contributed by atoms with Crippen molar-refractivity contribution in [3.63, 3.8) is 0 Å². The number of nitrogens with zero attached hydrogens (tertiary/aromatic N) is 2. The lowest BCUT2D eigenvalue weighted by molar-refractivity contribution is -0.384. The molecule has 1 aliphatic heterocycles. The van der Waals surface area contributed by atoms with E-state index in [2.05, 4.69) is 0 Å². The highest BCUT2D eigenvalue weighted by Gasteiger charge is 2.50. The molecule has 1 amide bonds. The van der Waals surface area contributed by atoms with Gasteiger partial charge in [0.2, 0.25) is 6.10 Å². The molecule has 1 saturated heterocycles. The number of β-lactam (4-membered cyclic amide) rings is 1. The van der Waals surface area contributed by atoms with E-state index in [4.69, 9.17) is 32.7 Å². The van der Waals surface area contributed by atoms with Crippen LogP contribution in [0, 0.1) is 10.1 Å². The highest BCUT2D eigenvalue weighted by atomic mass is 35.5. The Hall–Kier alpha value is -3.29. The van der Waals surface area contributed by atoms with E-state index >= 15 is 0 Å². The van der Waals surface area contributed by atoms with Crippen LogP contribution in [0.5, 0.6) is 11.5 Å². The predicted molar refractivity (Wildman–Crippen MR) is 120 cm³/mol. The normalized spacial score (nSPS) is 17.6. The lowest BCUT2D eigenvalue weighted by Gasteiger charge is -2.47. The number of carbonyl (C=O) groups excluding carboxylic acids is 1. The van der Waals surface area contributed by atoms with Gasteiger partial charge in [-0.15, -0.1) is 0 Å². The van der Waals surface area contributed by atoms with Crippen LogP contribution in [-0.4, -0.2) is 28.9 Å². The Bertz CT molecular complexity index is 1150. The SMILES string of the molecule is COc1ccc(CN2C(=O)[C@@H](Oc3ccc(Cl)cc3Cl)[C@H]2c2ccc([N+](=O)[O-])cc2)cc1. The van der Waals surface area contributed by atoms with Crippen molar-refractivity contribution in [1.82, 2.24) is 4.90 Å². The Morgan fingerprint density at radius 2 is 1.72 bits per heavy atom. The summed E-state index contributed by atoms with van der Waals surface area (Å²) < 4.78 is 11.1. The molecule has 1 aliphatic rings. The van der Waals surface area contributed by atoms with Crippen molar-refractivity contribution in [2.45, 2.75) is 18.7 Å². The third-order valence-corrected chi connectivity index (χ3v) is 5.78. The van der Waals surface area contributed by atoms with Gasteiger partial charge in [-0.1, -0.05) is 35.3 Å². The zero-order valence-corrected chi connectivity index (χ0v) is 18.4. The molecule has 0 N–H and O–H groups in total. The molecule has 32 heavy (non-hydrogen) atoms. The molecular weight excluding hydrogens is 455 g/mol. The smallest absolute Gasteiger partial charge is 0.269 e. The number of hydrogen-bond donors (Lipinski definition) is 0. The van der Waals surface area contributed by atoms with E-state index < -0.39 is 17.1 Å². The quantitative estimate of drug-likeness (QED) is 0.259. The van der Waals surface area contributed by atoms with Gasteiger partial charge in [-0.25, -0.2) is 0 Å². The number of likely N-dealkylation sites (tertiary alicyclic amines) is 1. The Balaban J connectivity index is 1.62. The monoisotopic (exact) mass is 472 g/mol. The first kappa shape index (κ1) is 21.9. The zero-order chi connectivity index (χ0) is 22.8. The molecular formula is C23H18Cl2N2O5. The van der Waals surface area contributed by atoms with Crippen molar-refractivity contribution >= 4 is 34.8 Å². The molecule has 1 fully saturated rings. The van der Waals surface area contributed by atoms with Crippen LogP contribution >= 0.6 is 23.2 Å². The van der Waals surface area contributed by atoms with E-state index in [1.807, 2.05) is 24.3 Å². The average Bonchev–Trinajstić information content (AvgIpc) is 2.79. The summed E-state index contributed by atoms with van der Waals surface area (Å²) in [6.07, 6.45) is -0.826. The number of methoxy groups -OCH3 is 1. The Labute approximate surface area is 194 Å². The van der Waals surface area contributed by atoms with Crippen molar-refractivity contribution in [3.05, 3.63) is 98.0 Å². The maximum absolute atomic E-state index is 13.0. The van der Waals surface area contributed by atoms with Crippen LogP contribution in [-0.2, 0) is 11.3 Å². The predicted octanol–water partition coefficient (Wildman–Crippen LogP) is 5.44. The number of halogens is 2. The van der Waals surface area contributed by atoms with Crippen LogP contribution in [0.1, 0.15) is 17.2 Å². The number of rotatable bonds is 7.